The van der Waals surface area contributed by atoms with Crippen LogP contribution in [0.25, 0.3) is 0 Å². The molecular weight excluding hydrogens is 419 g/mol. The molecule has 0 spiro atoms. The summed E-state index contributed by atoms with van der Waals surface area (Å²) in [6, 6.07) is 7.19. The summed E-state index contributed by atoms with van der Waals surface area (Å²) in [5, 5.41) is 1.95. The number of benzene rings is 1. The number of fused-ring (bicyclic) bond motifs is 5. The van der Waals surface area contributed by atoms with Gasteiger partial charge in [0.2, 0.25) is 11.8 Å². The van der Waals surface area contributed by atoms with Crippen molar-refractivity contribution in [2.24, 2.45) is 23.7 Å². The molecule has 3 fully saturated rings. The highest BCUT2D eigenvalue weighted by molar-refractivity contribution is 6.31. The number of alkyl halides is 2. The topological polar surface area (TPSA) is 92.8 Å². The Morgan fingerprint density at radius 1 is 1.10 bits per heavy atom. The summed E-state index contributed by atoms with van der Waals surface area (Å²) in [7, 11) is 0. The van der Waals surface area contributed by atoms with Crippen LogP contribution >= 0.6 is 23.2 Å². The first kappa shape index (κ1) is 20.2. The fourth-order valence-corrected chi connectivity index (χ4v) is 5.68. The third-order valence-electron chi connectivity index (χ3n) is 6.15. The second-order valence-corrected chi connectivity index (χ2v) is 8.80. The highest BCUT2D eigenvalue weighted by Gasteiger charge is 2.66. The normalized spacial score (nSPS) is 32.4. The van der Waals surface area contributed by atoms with Gasteiger partial charge in [-0.15, -0.1) is 23.2 Å². The average molecular weight is 439 g/mol. The number of anilines is 1. The van der Waals surface area contributed by atoms with E-state index in [1.807, 2.05) is 19.1 Å². The molecule has 3 amide bonds. The number of imide groups is 1. The molecule has 1 aromatic carbocycles. The number of aryl methyl sites for hydroxylation is 1. The van der Waals surface area contributed by atoms with Crippen molar-refractivity contribution in [3.63, 3.8) is 0 Å². The van der Waals surface area contributed by atoms with Gasteiger partial charge >= 0.3 is 5.97 Å². The maximum absolute atomic E-state index is 12.7. The van der Waals surface area contributed by atoms with Crippen LogP contribution in [0, 0.1) is 30.6 Å². The number of hydrogen-bond donors (Lipinski definition) is 1. The molecule has 1 N–H and O–H groups in total. The molecule has 3 aliphatic rings. The number of halogens is 2. The van der Waals surface area contributed by atoms with Crippen LogP contribution in [0.15, 0.2) is 24.3 Å². The van der Waals surface area contributed by atoms with Crippen LogP contribution in [-0.2, 0) is 23.9 Å². The minimum absolute atomic E-state index is 0.147. The lowest BCUT2D eigenvalue weighted by Crippen LogP contribution is -2.38. The Morgan fingerprint density at radius 2 is 1.69 bits per heavy atom. The number of amides is 3. The Kier molecular flexibility index (Phi) is 5.29. The van der Waals surface area contributed by atoms with Gasteiger partial charge < -0.3 is 10.1 Å². The molecule has 154 valence electrons. The van der Waals surface area contributed by atoms with E-state index < -0.39 is 48.7 Å². The molecule has 7 nitrogen and oxygen atoms in total. The summed E-state index contributed by atoms with van der Waals surface area (Å²) >= 11 is 12.6. The van der Waals surface area contributed by atoms with Crippen LogP contribution in [-0.4, -0.2) is 52.5 Å². The Bertz CT molecular complexity index is 859. The van der Waals surface area contributed by atoms with Gasteiger partial charge in [0.1, 0.15) is 6.54 Å². The van der Waals surface area contributed by atoms with Crippen LogP contribution in [0.1, 0.15) is 12.0 Å². The van der Waals surface area contributed by atoms with E-state index in [0.717, 1.165) is 10.5 Å². The fraction of sp³-hybridized carbons (Fsp3) is 0.500. The van der Waals surface area contributed by atoms with Crippen LogP contribution in [0.4, 0.5) is 5.69 Å². The van der Waals surface area contributed by atoms with E-state index in [1.165, 1.54) is 0 Å². The van der Waals surface area contributed by atoms with E-state index in [4.69, 9.17) is 27.9 Å². The van der Waals surface area contributed by atoms with Gasteiger partial charge in [-0.3, -0.25) is 24.1 Å². The molecule has 0 radical (unpaired) electrons. The van der Waals surface area contributed by atoms with E-state index in [2.05, 4.69) is 5.32 Å². The minimum Gasteiger partial charge on any atom is -0.454 e. The standard InChI is InChI=1S/C20H20Cl2N2O5/c1-9-4-2-3-5-12(9)23-13(25)8-29-14(26)7-24-19(27)15-10-6-11(16(15)20(24)28)18(22)17(10)21/h2-5,10-11,15-18H,6-8H2,1H3,(H,23,25)/t10-,11-,15-,16-,17+,18+/m1/s1. The number of nitrogens with zero attached hydrogens (tertiary/aromatic N) is 1. The fourth-order valence-electron chi connectivity index (χ4n) is 4.79. The molecule has 2 saturated carbocycles. The molecule has 1 saturated heterocycles. The highest BCUT2D eigenvalue weighted by Crippen LogP contribution is 2.59. The number of hydrogen-bond acceptors (Lipinski definition) is 5. The number of para-hydroxylation sites is 1. The predicted molar refractivity (Wildman–Crippen MR) is 105 cm³/mol. The zero-order chi connectivity index (χ0) is 20.9. The Labute approximate surface area is 177 Å². The van der Waals surface area contributed by atoms with Crippen LogP contribution < -0.4 is 5.32 Å². The molecule has 1 aliphatic heterocycles. The first-order valence-electron chi connectivity index (χ1n) is 9.44. The zero-order valence-electron chi connectivity index (χ0n) is 15.6. The van der Waals surface area contributed by atoms with Crippen molar-refractivity contribution < 1.29 is 23.9 Å². The molecule has 1 heterocycles. The van der Waals surface area contributed by atoms with Gasteiger partial charge in [-0.25, -0.2) is 0 Å². The molecule has 0 aromatic heterocycles. The number of rotatable bonds is 5. The van der Waals surface area contributed by atoms with Crippen molar-refractivity contribution in [1.82, 2.24) is 4.90 Å². The van der Waals surface area contributed by atoms with Crippen LogP contribution in [0.3, 0.4) is 0 Å². The van der Waals surface area contributed by atoms with E-state index in [0.29, 0.717) is 12.1 Å². The molecule has 1 aromatic rings. The van der Waals surface area contributed by atoms with Crippen molar-refractivity contribution in [2.45, 2.75) is 24.1 Å². The van der Waals surface area contributed by atoms with Gasteiger partial charge in [0.15, 0.2) is 6.61 Å². The van der Waals surface area contributed by atoms with E-state index in [-0.39, 0.29) is 22.6 Å². The molecule has 4 rings (SSSR count). The highest BCUT2D eigenvalue weighted by atomic mass is 35.5. The quantitative estimate of drug-likeness (QED) is 0.430. The minimum atomic E-state index is -0.816. The SMILES string of the molecule is Cc1ccccc1NC(=O)COC(=O)CN1C(=O)[C@@H]2[C@H]3C[C@@H]([C@H](Cl)[C@H]3Cl)[C@H]2C1=O. The van der Waals surface area contributed by atoms with Gasteiger partial charge in [0.25, 0.3) is 5.91 Å². The third-order valence-corrected chi connectivity index (χ3v) is 7.47. The molecule has 9 heteroatoms. The molecule has 2 aliphatic carbocycles. The molecule has 0 unspecified atom stereocenters. The monoisotopic (exact) mass is 438 g/mol. The number of esters is 1. The Morgan fingerprint density at radius 3 is 2.28 bits per heavy atom. The summed E-state index contributed by atoms with van der Waals surface area (Å²) < 4.78 is 4.96. The Hall–Kier alpha value is -2.12. The van der Waals surface area contributed by atoms with E-state index in [1.54, 1.807) is 12.1 Å². The maximum Gasteiger partial charge on any atom is 0.326 e. The number of likely N-dealkylation sites (tertiary alicyclic amines) is 1. The van der Waals surface area contributed by atoms with E-state index >= 15 is 0 Å². The average Bonchev–Trinajstić information content (AvgIpc) is 3.29. The number of carbonyl (C=O) groups excluding carboxylic acids is 4. The lowest BCUT2D eigenvalue weighted by Gasteiger charge is -2.28. The largest absolute Gasteiger partial charge is 0.454 e. The number of ether oxygens (including phenoxy) is 1. The van der Waals surface area contributed by atoms with Crippen molar-refractivity contribution in [3.05, 3.63) is 29.8 Å². The van der Waals surface area contributed by atoms with Gasteiger partial charge in [0, 0.05) is 5.69 Å². The first-order valence-corrected chi connectivity index (χ1v) is 10.3. The summed E-state index contributed by atoms with van der Waals surface area (Å²) in [6.07, 6.45) is 0.659. The van der Waals surface area contributed by atoms with Gasteiger partial charge in [0.05, 0.1) is 22.6 Å². The lowest BCUT2D eigenvalue weighted by atomic mass is 9.80. The smallest absolute Gasteiger partial charge is 0.326 e. The Balaban J connectivity index is 1.32. The molecule has 6 atom stereocenters. The molecular formula is C20H20Cl2N2O5. The van der Waals surface area contributed by atoms with Crippen LogP contribution in [0.2, 0.25) is 0 Å². The summed E-state index contributed by atoms with van der Waals surface area (Å²) in [6.45, 7) is 0.823. The number of carbonyl (C=O) groups is 4. The first-order chi connectivity index (χ1) is 13.8. The van der Waals surface area contributed by atoms with Crippen molar-refractivity contribution in [2.75, 3.05) is 18.5 Å². The van der Waals surface area contributed by atoms with Crippen LogP contribution in [0.5, 0.6) is 0 Å². The van der Waals surface area contributed by atoms with Gasteiger partial charge in [-0.05, 0) is 36.8 Å². The zero-order valence-corrected chi connectivity index (χ0v) is 17.2. The van der Waals surface area contributed by atoms with Crippen molar-refractivity contribution >= 4 is 52.6 Å². The predicted octanol–water partition coefficient (Wildman–Crippen LogP) is 1.94. The molecule has 29 heavy (non-hydrogen) atoms. The number of nitrogens with one attached hydrogen (secondary N) is 1. The maximum atomic E-state index is 12.7. The molecule has 2 bridgehead atoms. The second kappa shape index (κ2) is 7.61. The van der Waals surface area contributed by atoms with Crippen molar-refractivity contribution in [1.29, 1.82) is 0 Å². The summed E-state index contributed by atoms with van der Waals surface area (Å²) in [5.41, 5.74) is 1.49. The van der Waals surface area contributed by atoms with Gasteiger partial charge in [-0.1, -0.05) is 18.2 Å². The van der Waals surface area contributed by atoms with Gasteiger partial charge in [-0.2, -0.15) is 0 Å². The summed E-state index contributed by atoms with van der Waals surface area (Å²) in [5.74, 6) is -3.44. The van der Waals surface area contributed by atoms with E-state index in [9.17, 15) is 19.2 Å². The third kappa shape index (κ3) is 3.40. The van der Waals surface area contributed by atoms with Crippen molar-refractivity contribution in [3.8, 4) is 0 Å². The lowest BCUT2D eigenvalue weighted by molar-refractivity contribution is -0.154. The second-order valence-electron chi connectivity index (χ2n) is 7.79. The summed E-state index contributed by atoms with van der Waals surface area (Å²) in [4.78, 5) is 50.5.